The third kappa shape index (κ3) is 3.02. The molecule has 0 aromatic carbocycles. The molecule has 0 spiro atoms. The molecule has 5 N–H and O–H groups in total. The molecule has 1 saturated carbocycles. The fourth-order valence-electron chi connectivity index (χ4n) is 4.02. The van der Waals surface area contributed by atoms with Gasteiger partial charge in [-0.05, 0) is 44.9 Å². The number of anilines is 2. The smallest absolute Gasteiger partial charge is 0.177 e. The molecule has 0 bridgehead atoms. The van der Waals surface area contributed by atoms with E-state index in [1.807, 2.05) is 6.20 Å². The Balaban J connectivity index is 1.77. The number of imidazole rings is 1. The molecule has 1 unspecified atom stereocenters. The quantitative estimate of drug-likeness (QED) is 0.800. The second-order valence-corrected chi connectivity index (χ2v) is 7.25. The Morgan fingerprint density at radius 2 is 2.04 bits per heavy atom. The largest absolute Gasteiger partial charge is 0.382 e. The highest BCUT2D eigenvalue weighted by Gasteiger charge is 2.28. The zero-order valence-corrected chi connectivity index (χ0v) is 14.7. The van der Waals surface area contributed by atoms with Gasteiger partial charge in [-0.1, -0.05) is 23.8 Å². The molecule has 0 amide bonds. The molecule has 0 radical (unpaired) electrons. The molecule has 2 heterocycles. The van der Waals surface area contributed by atoms with Crippen LogP contribution in [0.25, 0.3) is 5.65 Å². The van der Waals surface area contributed by atoms with Gasteiger partial charge in [0.15, 0.2) is 5.65 Å². The molecule has 4 rings (SSSR count). The van der Waals surface area contributed by atoms with Crippen molar-refractivity contribution in [1.82, 2.24) is 14.6 Å². The van der Waals surface area contributed by atoms with Crippen molar-refractivity contribution in [1.29, 1.82) is 0 Å². The maximum absolute atomic E-state index is 6.39. The maximum Gasteiger partial charge on any atom is 0.177 e. The van der Waals surface area contributed by atoms with Gasteiger partial charge in [-0.25, -0.2) is 9.50 Å². The Kier molecular flexibility index (Phi) is 4.21. The van der Waals surface area contributed by atoms with Crippen LogP contribution in [0.5, 0.6) is 0 Å². The minimum atomic E-state index is 0.261. The average molecular weight is 338 g/mol. The first-order valence-electron chi connectivity index (χ1n) is 9.11. The van der Waals surface area contributed by atoms with Crippen LogP contribution in [0.3, 0.4) is 0 Å². The molecule has 2 aliphatic rings. The van der Waals surface area contributed by atoms with E-state index in [1.54, 1.807) is 10.7 Å². The molecular weight excluding hydrogens is 312 g/mol. The second-order valence-electron chi connectivity index (χ2n) is 7.25. The van der Waals surface area contributed by atoms with E-state index >= 15 is 0 Å². The lowest BCUT2D eigenvalue weighted by molar-refractivity contribution is 0.396. The average Bonchev–Trinajstić information content (AvgIpc) is 3.06. The molecule has 2 aromatic heterocycles. The number of fused-ring (bicyclic) bond motifs is 1. The highest BCUT2D eigenvalue weighted by atomic mass is 15.3. The minimum Gasteiger partial charge on any atom is -0.382 e. The number of allylic oxidation sites excluding steroid dienone is 2. The highest BCUT2D eigenvalue weighted by molar-refractivity contribution is 5.77. The van der Waals surface area contributed by atoms with Gasteiger partial charge in [0.25, 0.3) is 0 Å². The first-order valence-corrected chi connectivity index (χ1v) is 9.11. The summed E-state index contributed by atoms with van der Waals surface area (Å²) in [5.41, 5.74) is 16.8. The lowest BCUT2D eigenvalue weighted by Gasteiger charge is -2.30. The summed E-state index contributed by atoms with van der Waals surface area (Å²) in [6.07, 6.45) is 15.2. The lowest BCUT2D eigenvalue weighted by atomic mass is 9.81. The Bertz CT molecular complexity index is 826. The third-order valence-corrected chi connectivity index (χ3v) is 5.52. The summed E-state index contributed by atoms with van der Waals surface area (Å²) in [6.45, 7) is 2.16. The van der Waals surface area contributed by atoms with Gasteiger partial charge in [-0.2, -0.15) is 0 Å². The van der Waals surface area contributed by atoms with Gasteiger partial charge in [0.1, 0.15) is 5.82 Å². The van der Waals surface area contributed by atoms with Crippen LogP contribution in [0.1, 0.15) is 50.5 Å². The first kappa shape index (κ1) is 16.1. The summed E-state index contributed by atoms with van der Waals surface area (Å²) in [7, 11) is 0. The molecule has 1 fully saturated rings. The molecule has 132 valence electrons. The van der Waals surface area contributed by atoms with E-state index in [9.17, 15) is 0 Å². The van der Waals surface area contributed by atoms with Crippen LogP contribution in [0, 0.1) is 0 Å². The Labute approximate surface area is 148 Å². The van der Waals surface area contributed by atoms with Gasteiger partial charge in [0.05, 0.1) is 11.7 Å². The third-order valence-electron chi connectivity index (χ3n) is 5.52. The number of nitrogens with two attached hydrogens (primary N) is 2. The summed E-state index contributed by atoms with van der Waals surface area (Å²) >= 11 is 0. The molecule has 6 heteroatoms. The van der Waals surface area contributed by atoms with Crippen LogP contribution in [0.15, 0.2) is 36.2 Å². The molecule has 1 atom stereocenters. The van der Waals surface area contributed by atoms with Crippen molar-refractivity contribution in [2.45, 2.75) is 57.0 Å². The van der Waals surface area contributed by atoms with Crippen LogP contribution in [0.2, 0.25) is 0 Å². The Morgan fingerprint density at radius 3 is 2.80 bits per heavy atom. The summed E-state index contributed by atoms with van der Waals surface area (Å²) in [5.74, 6) is 0.987. The van der Waals surface area contributed by atoms with Crippen molar-refractivity contribution in [2.24, 2.45) is 5.73 Å². The second kappa shape index (κ2) is 6.52. The molecule has 25 heavy (non-hydrogen) atoms. The number of hydrogen-bond acceptors (Lipinski definition) is 5. The predicted molar refractivity (Wildman–Crippen MR) is 102 cm³/mol. The van der Waals surface area contributed by atoms with Crippen LogP contribution < -0.4 is 16.8 Å². The van der Waals surface area contributed by atoms with Gasteiger partial charge in [-0.3, -0.25) is 0 Å². The van der Waals surface area contributed by atoms with E-state index < -0.39 is 0 Å². The van der Waals surface area contributed by atoms with Gasteiger partial charge >= 0.3 is 0 Å². The van der Waals surface area contributed by atoms with Crippen molar-refractivity contribution in [3.05, 3.63) is 41.8 Å². The molecule has 0 aliphatic heterocycles. The highest BCUT2D eigenvalue weighted by Crippen LogP contribution is 2.40. The number of rotatable bonds is 3. The van der Waals surface area contributed by atoms with E-state index in [0.29, 0.717) is 17.8 Å². The molecule has 2 aromatic rings. The van der Waals surface area contributed by atoms with Crippen molar-refractivity contribution < 1.29 is 0 Å². The molecular formula is C19H26N6. The van der Waals surface area contributed by atoms with Crippen LogP contribution in [-0.4, -0.2) is 26.7 Å². The zero-order valence-electron chi connectivity index (χ0n) is 14.7. The van der Waals surface area contributed by atoms with Crippen molar-refractivity contribution >= 4 is 17.2 Å². The number of nitrogens with zero attached hydrogens (tertiary/aromatic N) is 3. The van der Waals surface area contributed by atoms with Crippen LogP contribution >= 0.6 is 0 Å². The molecule has 6 nitrogen and oxygen atoms in total. The van der Waals surface area contributed by atoms with E-state index in [-0.39, 0.29) is 6.04 Å². The van der Waals surface area contributed by atoms with E-state index in [1.165, 1.54) is 5.57 Å². The fourth-order valence-corrected chi connectivity index (χ4v) is 4.02. The van der Waals surface area contributed by atoms with Crippen molar-refractivity contribution in [3.8, 4) is 0 Å². The number of hydrogen-bond donors (Lipinski definition) is 3. The van der Waals surface area contributed by atoms with E-state index in [4.69, 9.17) is 11.5 Å². The summed E-state index contributed by atoms with van der Waals surface area (Å²) in [6, 6.07) is 0.572. The van der Waals surface area contributed by atoms with Gasteiger partial charge < -0.3 is 16.8 Å². The number of nitrogens with one attached hydrogen (secondary N) is 1. The maximum atomic E-state index is 6.39. The molecule has 2 aliphatic carbocycles. The lowest BCUT2D eigenvalue weighted by Crippen LogP contribution is -2.28. The fraction of sp³-hybridized carbons (Fsp3) is 0.474. The van der Waals surface area contributed by atoms with Crippen LogP contribution in [0.4, 0.5) is 11.5 Å². The summed E-state index contributed by atoms with van der Waals surface area (Å²) in [5, 5.41) is 8.26. The van der Waals surface area contributed by atoms with E-state index in [0.717, 1.165) is 49.0 Å². The predicted octanol–water partition coefficient (Wildman–Crippen LogP) is 2.98. The van der Waals surface area contributed by atoms with E-state index in [2.05, 4.69) is 40.6 Å². The van der Waals surface area contributed by atoms with Crippen molar-refractivity contribution in [2.75, 3.05) is 11.1 Å². The van der Waals surface area contributed by atoms with Gasteiger partial charge in [0, 0.05) is 24.0 Å². The standard InChI is InChI=1S/C19H26N6/c1-12-4-2-3-5-15(12)23-17-16(13-6-8-14(20)9-7-13)18(21)24-25-11-10-22-19(17)25/h2-4,10-11,13-15,23H,5-9,20H2,1H3,(H2,21,24)/t13-,14-,15?. The SMILES string of the molecule is CC1=CC=CCC1Nc1c2nccn2nc(N)c1[C@H]1CC[C@H](N)CC1. The zero-order chi connectivity index (χ0) is 17.4. The Morgan fingerprint density at radius 1 is 1.24 bits per heavy atom. The topological polar surface area (TPSA) is 94.3 Å². The normalized spacial score (nSPS) is 26.6. The van der Waals surface area contributed by atoms with Crippen LogP contribution in [-0.2, 0) is 0 Å². The summed E-state index contributed by atoms with van der Waals surface area (Å²) < 4.78 is 1.77. The molecule has 0 saturated heterocycles. The Hall–Kier alpha value is -2.34. The van der Waals surface area contributed by atoms with Gasteiger partial charge in [0.2, 0.25) is 0 Å². The number of aromatic nitrogens is 3. The number of nitrogen functional groups attached to an aromatic ring is 1. The monoisotopic (exact) mass is 338 g/mol. The summed E-state index contributed by atoms with van der Waals surface area (Å²) in [4.78, 5) is 4.54. The first-order chi connectivity index (χ1) is 12.1. The minimum absolute atomic E-state index is 0.261. The van der Waals surface area contributed by atoms with Gasteiger partial charge in [-0.15, -0.1) is 5.10 Å². The van der Waals surface area contributed by atoms with Crippen molar-refractivity contribution in [3.63, 3.8) is 0 Å².